The molecule has 0 aromatic carbocycles. The minimum atomic E-state index is -0.153. The van der Waals surface area contributed by atoms with Crippen LogP contribution in [0.15, 0.2) is 18.7 Å². The van der Waals surface area contributed by atoms with Gasteiger partial charge in [0.2, 0.25) is 0 Å². The van der Waals surface area contributed by atoms with Gasteiger partial charge in [-0.05, 0) is 26.2 Å². The number of urea groups is 1. The second-order valence-electron chi connectivity index (χ2n) is 7.59. The number of methoxy groups -OCH3 is 1. The molecule has 1 aromatic rings. The van der Waals surface area contributed by atoms with Crippen molar-refractivity contribution < 1.29 is 9.53 Å². The van der Waals surface area contributed by atoms with E-state index >= 15 is 0 Å². The summed E-state index contributed by atoms with van der Waals surface area (Å²) >= 11 is 0. The van der Waals surface area contributed by atoms with Gasteiger partial charge in [0.05, 0.1) is 11.9 Å². The zero-order valence-electron chi connectivity index (χ0n) is 14.6. The fraction of sp³-hybridized carbons (Fsp3) is 0.765. The SMILES string of the molecule is CO[C@@]1(C)C[C@@H](NC(=O)N2CCC(n3ccnc3)CC2)C1(C)C. The summed E-state index contributed by atoms with van der Waals surface area (Å²) in [5, 5.41) is 3.20. The van der Waals surface area contributed by atoms with E-state index in [0.29, 0.717) is 6.04 Å². The average Bonchev–Trinajstić information content (AvgIpc) is 3.08. The molecule has 1 aliphatic heterocycles. The predicted octanol–water partition coefficient (Wildman–Crippen LogP) is 2.43. The zero-order valence-corrected chi connectivity index (χ0v) is 14.6. The lowest BCUT2D eigenvalue weighted by Gasteiger charge is -2.59. The van der Waals surface area contributed by atoms with E-state index in [1.54, 1.807) is 7.11 Å². The molecule has 0 radical (unpaired) electrons. The van der Waals surface area contributed by atoms with Crippen LogP contribution in [0.1, 0.15) is 46.1 Å². The fourth-order valence-electron chi connectivity index (χ4n) is 3.82. The van der Waals surface area contributed by atoms with Crippen LogP contribution in [0.2, 0.25) is 0 Å². The van der Waals surface area contributed by atoms with E-state index in [1.807, 2.05) is 23.6 Å². The molecule has 1 N–H and O–H groups in total. The highest BCUT2D eigenvalue weighted by atomic mass is 16.5. The number of hydrogen-bond acceptors (Lipinski definition) is 3. The Bertz CT molecular complexity index is 549. The average molecular weight is 320 g/mol. The van der Waals surface area contributed by atoms with E-state index in [-0.39, 0.29) is 23.1 Å². The van der Waals surface area contributed by atoms with Crippen molar-refractivity contribution in [3.05, 3.63) is 18.7 Å². The Labute approximate surface area is 138 Å². The molecule has 2 amide bonds. The number of likely N-dealkylation sites (tertiary alicyclic amines) is 1. The van der Waals surface area contributed by atoms with Crippen LogP contribution in [0.5, 0.6) is 0 Å². The van der Waals surface area contributed by atoms with Gasteiger partial charge in [-0.25, -0.2) is 9.78 Å². The summed E-state index contributed by atoms with van der Waals surface area (Å²) in [5.74, 6) is 0. The lowest BCUT2D eigenvalue weighted by molar-refractivity contribution is -0.177. The van der Waals surface area contributed by atoms with Crippen LogP contribution in [0, 0.1) is 5.41 Å². The summed E-state index contributed by atoms with van der Waals surface area (Å²) in [6.45, 7) is 8.03. The molecular formula is C17H28N4O2. The molecule has 6 nitrogen and oxygen atoms in total. The zero-order chi connectivity index (χ0) is 16.7. The standard InChI is InChI=1S/C17H28N4O2/c1-16(2)14(11-17(16,3)23-4)19-15(22)20-8-5-13(6-9-20)21-10-7-18-12-21/h7,10,12-14H,5-6,8-9,11H2,1-4H3,(H,19,22)/t14-,17+/m1/s1. The summed E-state index contributed by atoms with van der Waals surface area (Å²) in [5.41, 5.74) is -0.202. The van der Waals surface area contributed by atoms with Crippen molar-refractivity contribution in [2.24, 2.45) is 5.41 Å². The van der Waals surface area contributed by atoms with E-state index in [9.17, 15) is 4.79 Å². The van der Waals surface area contributed by atoms with Crippen molar-refractivity contribution in [2.45, 2.75) is 57.7 Å². The number of carbonyl (C=O) groups is 1. The van der Waals surface area contributed by atoms with Gasteiger partial charge in [0.1, 0.15) is 0 Å². The monoisotopic (exact) mass is 320 g/mol. The lowest BCUT2D eigenvalue weighted by Crippen LogP contribution is -2.69. The Morgan fingerprint density at radius 2 is 2.00 bits per heavy atom. The molecule has 2 atom stereocenters. The third-order valence-corrected chi connectivity index (χ3v) is 6.27. The first-order chi connectivity index (χ1) is 10.9. The number of nitrogens with one attached hydrogen (secondary N) is 1. The number of rotatable bonds is 3. The first-order valence-corrected chi connectivity index (χ1v) is 8.45. The van der Waals surface area contributed by atoms with Crippen LogP contribution in [0.4, 0.5) is 4.79 Å². The Morgan fingerprint density at radius 3 is 2.52 bits per heavy atom. The third kappa shape index (κ3) is 2.73. The predicted molar refractivity (Wildman–Crippen MR) is 88.2 cm³/mol. The van der Waals surface area contributed by atoms with Crippen LogP contribution < -0.4 is 5.32 Å². The molecule has 0 bridgehead atoms. The molecule has 1 saturated carbocycles. The number of nitrogens with zero attached hydrogens (tertiary/aromatic N) is 3. The number of imidazole rings is 1. The number of piperidine rings is 1. The second kappa shape index (κ2) is 5.82. The second-order valence-corrected chi connectivity index (χ2v) is 7.59. The van der Waals surface area contributed by atoms with Crippen LogP contribution in [0.3, 0.4) is 0 Å². The van der Waals surface area contributed by atoms with Crippen LogP contribution >= 0.6 is 0 Å². The quantitative estimate of drug-likeness (QED) is 0.930. The van der Waals surface area contributed by atoms with Crippen molar-refractivity contribution in [3.63, 3.8) is 0 Å². The number of hydrogen-bond donors (Lipinski definition) is 1. The Morgan fingerprint density at radius 1 is 1.30 bits per heavy atom. The van der Waals surface area contributed by atoms with E-state index in [1.165, 1.54) is 0 Å². The van der Waals surface area contributed by atoms with Gasteiger partial charge < -0.3 is 19.5 Å². The first-order valence-electron chi connectivity index (χ1n) is 8.45. The molecule has 3 rings (SSSR count). The van der Waals surface area contributed by atoms with Crippen molar-refractivity contribution in [2.75, 3.05) is 20.2 Å². The minimum absolute atomic E-state index is 0.0491. The fourth-order valence-corrected chi connectivity index (χ4v) is 3.82. The Kier molecular flexibility index (Phi) is 4.12. The van der Waals surface area contributed by atoms with Crippen molar-refractivity contribution in [3.8, 4) is 0 Å². The molecular weight excluding hydrogens is 292 g/mol. The van der Waals surface area contributed by atoms with Crippen LogP contribution in [-0.2, 0) is 4.74 Å². The van der Waals surface area contributed by atoms with Gasteiger partial charge >= 0.3 is 6.03 Å². The molecule has 1 aliphatic carbocycles. The maximum atomic E-state index is 12.5. The largest absolute Gasteiger partial charge is 0.378 e. The minimum Gasteiger partial charge on any atom is -0.378 e. The smallest absolute Gasteiger partial charge is 0.317 e. The maximum absolute atomic E-state index is 12.5. The van der Waals surface area contributed by atoms with Crippen molar-refractivity contribution in [1.82, 2.24) is 19.8 Å². The van der Waals surface area contributed by atoms with Crippen molar-refractivity contribution >= 4 is 6.03 Å². The summed E-state index contributed by atoms with van der Waals surface area (Å²) < 4.78 is 7.78. The summed E-state index contributed by atoms with van der Waals surface area (Å²) in [6.07, 6.45) is 8.51. The maximum Gasteiger partial charge on any atom is 0.317 e. The molecule has 6 heteroatoms. The molecule has 0 unspecified atom stereocenters. The van der Waals surface area contributed by atoms with Gasteiger partial charge in [-0.2, -0.15) is 0 Å². The Hall–Kier alpha value is -1.56. The number of carbonyl (C=O) groups excluding carboxylic acids is 1. The third-order valence-electron chi connectivity index (χ3n) is 6.27. The van der Waals surface area contributed by atoms with Gasteiger partial charge in [0.15, 0.2) is 0 Å². The molecule has 1 aromatic heterocycles. The van der Waals surface area contributed by atoms with Gasteiger partial charge in [-0.3, -0.25) is 0 Å². The summed E-state index contributed by atoms with van der Waals surface area (Å²) in [6, 6.07) is 0.690. The molecule has 2 fully saturated rings. The van der Waals surface area contributed by atoms with Gasteiger partial charge in [0.25, 0.3) is 0 Å². The highest BCUT2D eigenvalue weighted by molar-refractivity contribution is 5.75. The van der Waals surface area contributed by atoms with E-state index < -0.39 is 0 Å². The van der Waals surface area contributed by atoms with Crippen LogP contribution in [0.25, 0.3) is 0 Å². The van der Waals surface area contributed by atoms with E-state index in [0.717, 1.165) is 32.4 Å². The van der Waals surface area contributed by atoms with Gasteiger partial charge in [0, 0.05) is 50.1 Å². The lowest BCUT2D eigenvalue weighted by atomic mass is 9.56. The van der Waals surface area contributed by atoms with E-state index in [2.05, 4.69) is 35.6 Å². The number of amides is 2. The summed E-state index contributed by atoms with van der Waals surface area (Å²) in [4.78, 5) is 18.6. The van der Waals surface area contributed by atoms with E-state index in [4.69, 9.17) is 4.74 Å². The van der Waals surface area contributed by atoms with Gasteiger partial charge in [-0.1, -0.05) is 13.8 Å². The molecule has 0 spiro atoms. The van der Waals surface area contributed by atoms with Gasteiger partial charge in [-0.15, -0.1) is 0 Å². The highest BCUT2D eigenvalue weighted by Crippen LogP contribution is 2.51. The normalized spacial score (nSPS) is 30.8. The molecule has 1 saturated heterocycles. The molecule has 2 heterocycles. The Balaban J connectivity index is 1.51. The van der Waals surface area contributed by atoms with Crippen molar-refractivity contribution in [1.29, 1.82) is 0 Å². The molecule has 2 aliphatic rings. The topological polar surface area (TPSA) is 59.4 Å². The molecule has 128 valence electrons. The number of aromatic nitrogens is 2. The number of ether oxygens (including phenoxy) is 1. The molecule has 23 heavy (non-hydrogen) atoms. The highest BCUT2D eigenvalue weighted by Gasteiger charge is 2.58. The van der Waals surface area contributed by atoms with Crippen LogP contribution in [-0.4, -0.2) is 52.3 Å². The summed E-state index contributed by atoms with van der Waals surface area (Å²) in [7, 11) is 1.75. The first kappa shape index (κ1) is 16.3.